The molecule has 0 aliphatic rings. The second-order valence-corrected chi connectivity index (χ2v) is 10.5. The van der Waals surface area contributed by atoms with E-state index in [0.717, 1.165) is 27.5 Å². The van der Waals surface area contributed by atoms with E-state index in [-0.39, 0.29) is 11.5 Å². The van der Waals surface area contributed by atoms with E-state index in [4.69, 9.17) is 21.1 Å². The number of fused-ring (bicyclic) bond motifs is 3. The van der Waals surface area contributed by atoms with Crippen LogP contribution in [0.2, 0.25) is 5.02 Å². The van der Waals surface area contributed by atoms with Gasteiger partial charge < -0.3 is 19.8 Å². The van der Waals surface area contributed by atoms with Gasteiger partial charge in [0.15, 0.2) is 0 Å². The Bertz CT molecular complexity index is 1420. The van der Waals surface area contributed by atoms with Crippen LogP contribution in [0.5, 0.6) is 5.75 Å². The average Bonchev–Trinajstić information content (AvgIpc) is 3.28. The van der Waals surface area contributed by atoms with E-state index in [9.17, 15) is 9.59 Å². The number of benzene rings is 2. The smallest absolute Gasteiger partial charge is 0.407 e. The number of aromatic amines is 1. The van der Waals surface area contributed by atoms with Crippen LogP contribution in [0.25, 0.3) is 32.1 Å². The summed E-state index contributed by atoms with van der Waals surface area (Å²) in [6.07, 6.45) is -0.429. The number of rotatable bonds is 5. The zero-order chi connectivity index (χ0) is 24.6. The van der Waals surface area contributed by atoms with Crippen molar-refractivity contribution in [1.82, 2.24) is 10.3 Å². The number of ether oxygens (including phenoxy) is 2. The van der Waals surface area contributed by atoms with E-state index in [2.05, 4.69) is 10.3 Å². The van der Waals surface area contributed by atoms with Crippen LogP contribution in [0.15, 0.2) is 46.6 Å². The highest BCUT2D eigenvalue weighted by atomic mass is 35.5. The van der Waals surface area contributed by atoms with Crippen molar-refractivity contribution in [2.24, 2.45) is 0 Å². The van der Waals surface area contributed by atoms with Crippen LogP contribution < -0.4 is 15.6 Å². The van der Waals surface area contributed by atoms with E-state index < -0.39 is 11.7 Å². The molecule has 0 aliphatic carbocycles. The first-order chi connectivity index (χ1) is 16.1. The summed E-state index contributed by atoms with van der Waals surface area (Å²) >= 11 is 7.91. The summed E-state index contributed by atoms with van der Waals surface area (Å²) < 4.78 is 11.7. The van der Waals surface area contributed by atoms with Crippen molar-refractivity contribution in [3.8, 4) is 16.9 Å². The predicted molar refractivity (Wildman–Crippen MR) is 140 cm³/mol. The highest BCUT2D eigenvalue weighted by molar-refractivity contribution is 7.17. The molecule has 2 aromatic heterocycles. The molecule has 0 spiro atoms. The summed E-state index contributed by atoms with van der Waals surface area (Å²) in [7, 11) is 1.61. The van der Waals surface area contributed by atoms with Gasteiger partial charge in [0, 0.05) is 28.9 Å². The van der Waals surface area contributed by atoms with Gasteiger partial charge in [-0.05, 0) is 49.3 Å². The molecule has 1 amide bonds. The van der Waals surface area contributed by atoms with Crippen molar-refractivity contribution in [3.63, 3.8) is 0 Å². The van der Waals surface area contributed by atoms with E-state index in [1.807, 2.05) is 63.4 Å². The van der Waals surface area contributed by atoms with Gasteiger partial charge in [0.1, 0.15) is 16.1 Å². The molecular formula is C26H27ClN2O4S. The molecule has 2 heterocycles. The molecule has 0 saturated heterocycles. The normalized spacial score (nSPS) is 12.6. The van der Waals surface area contributed by atoms with Crippen LogP contribution >= 0.6 is 22.9 Å². The third-order valence-electron chi connectivity index (χ3n) is 5.56. The maximum atomic E-state index is 12.5. The molecule has 34 heavy (non-hydrogen) atoms. The lowest BCUT2D eigenvalue weighted by molar-refractivity contribution is 0.0525. The van der Waals surface area contributed by atoms with Gasteiger partial charge in [0.2, 0.25) is 0 Å². The highest BCUT2D eigenvalue weighted by Crippen LogP contribution is 2.43. The minimum absolute atomic E-state index is 0.0883. The fourth-order valence-corrected chi connectivity index (χ4v) is 5.00. The minimum atomic E-state index is -0.534. The van der Waals surface area contributed by atoms with Crippen LogP contribution in [0.1, 0.15) is 39.2 Å². The van der Waals surface area contributed by atoms with Crippen molar-refractivity contribution in [2.75, 3.05) is 13.7 Å². The zero-order valence-electron chi connectivity index (χ0n) is 19.7. The largest absolute Gasteiger partial charge is 0.496 e. The summed E-state index contributed by atoms with van der Waals surface area (Å²) in [5, 5.41) is 6.86. The molecule has 2 N–H and O–H groups in total. The lowest BCUT2D eigenvalue weighted by Crippen LogP contribution is -2.34. The molecule has 0 aliphatic heterocycles. The monoisotopic (exact) mass is 498 g/mol. The number of carbonyl (C=O) groups excluding carboxylic acids is 1. The van der Waals surface area contributed by atoms with Gasteiger partial charge in [-0.15, -0.1) is 11.3 Å². The molecule has 4 aromatic rings. The van der Waals surface area contributed by atoms with Crippen LogP contribution in [0, 0.1) is 0 Å². The topological polar surface area (TPSA) is 80.4 Å². The van der Waals surface area contributed by atoms with Crippen molar-refractivity contribution >= 4 is 50.0 Å². The minimum Gasteiger partial charge on any atom is -0.496 e. The summed E-state index contributed by atoms with van der Waals surface area (Å²) in [5.41, 5.74) is 2.78. The molecule has 178 valence electrons. The SMILES string of the molecule is COc1cc(Cl)c2[nH]c(=O)c3sccc3c2c1-c1ccc(C(C)CNC(=O)OC(C)(C)C)cc1. The second kappa shape index (κ2) is 9.31. The Hall–Kier alpha value is -3.03. The lowest BCUT2D eigenvalue weighted by atomic mass is 9.94. The van der Waals surface area contributed by atoms with Crippen LogP contribution in [-0.2, 0) is 4.74 Å². The standard InChI is InChI=1S/C26H27ClN2O4S/c1-14(13-28-25(31)33-26(2,3)4)15-6-8-16(9-7-15)20-19(32-5)12-18(27)22-21(20)17-10-11-34-23(17)24(30)29-22/h6-12,14H,13H2,1-5H3,(H,28,31)(H,29,30). The Morgan fingerprint density at radius 1 is 1.21 bits per heavy atom. The summed E-state index contributed by atoms with van der Waals surface area (Å²) in [4.78, 5) is 27.5. The Morgan fingerprint density at radius 2 is 1.91 bits per heavy atom. The van der Waals surface area contributed by atoms with Gasteiger partial charge in [-0.3, -0.25) is 4.79 Å². The first kappa shape index (κ1) is 24.1. The molecular weight excluding hydrogens is 472 g/mol. The van der Waals surface area contributed by atoms with E-state index in [0.29, 0.717) is 27.5 Å². The maximum absolute atomic E-state index is 12.5. The van der Waals surface area contributed by atoms with Crippen LogP contribution in [0.3, 0.4) is 0 Å². The quantitative estimate of drug-likeness (QED) is 0.321. The molecule has 2 aromatic carbocycles. The number of hydrogen-bond acceptors (Lipinski definition) is 5. The van der Waals surface area contributed by atoms with Gasteiger partial charge in [0.25, 0.3) is 5.56 Å². The average molecular weight is 499 g/mol. The number of H-pyrrole nitrogens is 1. The number of pyridine rings is 1. The predicted octanol–water partition coefficient (Wildman–Crippen LogP) is 6.70. The van der Waals surface area contributed by atoms with Crippen molar-refractivity contribution in [3.05, 3.63) is 62.7 Å². The zero-order valence-corrected chi connectivity index (χ0v) is 21.3. The molecule has 0 saturated carbocycles. The Balaban J connectivity index is 1.70. The summed E-state index contributed by atoms with van der Waals surface area (Å²) in [6.45, 7) is 8.01. The number of thiophene rings is 1. The number of hydrogen-bond donors (Lipinski definition) is 2. The second-order valence-electron chi connectivity index (χ2n) is 9.21. The fraction of sp³-hybridized carbons (Fsp3) is 0.308. The molecule has 8 heteroatoms. The molecule has 1 atom stereocenters. The Morgan fingerprint density at radius 3 is 2.56 bits per heavy atom. The number of amides is 1. The summed E-state index contributed by atoms with van der Waals surface area (Å²) in [6, 6.07) is 11.8. The van der Waals surface area contributed by atoms with E-state index in [1.165, 1.54) is 11.3 Å². The number of alkyl carbamates (subject to hydrolysis) is 1. The molecule has 4 rings (SSSR count). The molecule has 0 fully saturated rings. The van der Waals surface area contributed by atoms with Gasteiger partial charge in [0.05, 0.1) is 17.6 Å². The van der Waals surface area contributed by atoms with Crippen LogP contribution in [0.4, 0.5) is 4.79 Å². The van der Waals surface area contributed by atoms with Gasteiger partial charge in [-0.25, -0.2) is 4.79 Å². The van der Waals surface area contributed by atoms with Gasteiger partial charge in [-0.2, -0.15) is 0 Å². The lowest BCUT2D eigenvalue weighted by Gasteiger charge is -2.21. The summed E-state index contributed by atoms with van der Waals surface area (Å²) in [5.74, 6) is 0.717. The number of methoxy groups -OCH3 is 1. The third-order valence-corrected chi connectivity index (χ3v) is 6.77. The maximum Gasteiger partial charge on any atom is 0.407 e. The Labute approximate surface area is 206 Å². The van der Waals surface area contributed by atoms with Gasteiger partial charge in [-0.1, -0.05) is 42.8 Å². The molecule has 0 bridgehead atoms. The molecule has 0 radical (unpaired) electrons. The van der Waals surface area contributed by atoms with Crippen LogP contribution in [-0.4, -0.2) is 30.3 Å². The number of halogens is 1. The first-order valence-corrected chi connectivity index (χ1v) is 12.2. The number of nitrogens with one attached hydrogen (secondary N) is 2. The van der Waals surface area contributed by atoms with E-state index in [1.54, 1.807) is 13.2 Å². The third kappa shape index (κ3) is 4.76. The first-order valence-electron chi connectivity index (χ1n) is 11.0. The van der Waals surface area contributed by atoms with Gasteiger partial charge >= 0.3 is 6.09 Å². The van der Waals surface area contributed by atoms with E-state index >= 15 is 0 Å². The van der Waals surface area contributed by atoms with Crippen molar-refractivity contribution in [2.45, 2.75) is 39.2 Å². The fourth-order valence-electron chi connectivity index (χ4n) is 3.97. The molecule has 6 nitrogen and oxygen atoms in total. The number of carbonyl (C=O) groups is 1. The Kier molecular flexibility index (Phi) is 6.60. The number of aromatic nitrogens is 1. The molecule has 1 unspecified atom stereocenters. The highest BCUT2D eigenvalue weighted by Gasteiger charge is 2.20. The van der Waals surface area contributed by atoms with Crippen molar-refractivity contribution in [1.29, 1.82) is 0 Å². The van der Waals surface area contributed by atoms with Crippen molar-refractivity contribution < 1.29 is 14.3 Å².